The third-order valence-corrected chi connectivity index (χ3v) is 13.6. The molecule has 3 aromatic heterocycles. The van der Waals surface area contributed by atoms with E-state index in [1.807, 2.05) is 31.2 Å². The smallest absolute Gasteiger partial charge is 0.226 e. The van der Waals surface area contributed by atoms with Crippen LogP contribution in [0.4, 0.5) is 4.39 Å². The van der Waals surface area contributed by atoms with Gasteiger partial charge in [0.2, 0.25) is 5.91 Å². The Morgan fingerprint density at radius 3 is 2.61 bits per heavy atom. The van der Waals surface area contributed by atoms with Crippen LogP contribution in [0.3, 0.4) is 0 Å². The minimum atomic E-state index is -0.479. The maximum Gasteiger partial charge on any atom is 0.226 e. The Labute approximate surface area is 334 Å². The van der Waals surface area contributed by atoms with Gasteiger partial charge in [-0.05, 0) is 75.1 Å². The zero-order chi connectivity index (χ0) is 38.4. The van der Waals surface area contributed by atoms with Crippen LogP contribution >= 0.6 is 23.2 Å². The molecule has 5 atom stereocenters. The van der Waals surface area contributed by atoms with Crippen LogP contribution in [0.2, 0.25) is 10.0 Å². The normalized spacial score (nSPS) is 22.9. The molecule has 1 amide bonds. The lowest BCUT2D eigenvalue weighted by molar-refractivity contribution is -0.133. The number of benzene rings is 3. The Balaban J connectivity index is 1.18. The number of nitrogens with one attached hydrogen (secondary N) is 1. The van der Waals surface area contributed by atoms with Gasteiger partial charge in [-0.3, -0.25) is 4.79 Å². The molecule has 3 aromatic carbocycles. The van der Waals surface area contributed by atoms with E-state index in [2.05, 4.69) is 55.8 Å². The van der Waals surface area contributed by atoms with E-state index in [9.17, 15) is 10.1 Å². The average molecular weight is 788 g/mol. The number of nitrogens with zero attached hydrogens (tertiary/aromatic N) is 7. The highest BCUT2D eigenvalue weighted by atomic mass is 35.5. The van der Waals surface area contributed by atoms with Crippen molar-refractivity contribution in [3.8, 4) is 28.5 Å². The van der Waals surface area contributed by atoms with Crippen molar-refractivity contribution >= 4 is 50.9 Å². The molecule has 3 aliphatic heterocycles. The number of aryl methyl sites for hydroxylation is 2. The molecule has 5 aliphatic rings. The first-order chi connectivity index (χ1) is 27.3. The van der Waals surface area contributed by atoms with E-state index in [0.29, 0.717) is 58.1 Å². The van der Waals surface area contributed by atoms with Crippen LogP contribution in [0.5, 0.6) is 0 Å². The summed E-state index contributed by atoms with van der Waals surface area (Å²) >= 11 is 13.2. The number of carbonyl (C=O) groups is 1. The fraction of sp³-hybridized carbons (Fsp3) is 0.386. The van der Waals surface area contributed by atoms with Gasteiger partial charge in [0, 0.05) is 70.3 Å². The third kappa shape index (κ3) is 5.49. The third-order valence-electron chi connectivity index (χ3n) is 12.8. The van der Waals surface area contributed by atoms with Gasteiger partial charge in [0.15, 0.2) is 5.82 Å². The predicted molar refractivity (Wildman–Crippen MR) is 216 cm³/mol. The van der Waals surface area contributed by atoms with E-state index >= 15 is 4.39 Å². The number of halogens is 3. The second kappa shape index (κ2) is 13.7. The summed E-state index contributed by atoms with van der Waals surface area (Å²) in [7, 11) is 0. The summed E-state index contributed by atoms with van der Waals surface area (Å²) < 4.78 is 21.8. The van der Waals surface area contributed by atoms with E-state index in [1.54, 1.807) is 18.2 Å². The molecular weight excluding hydrogens is 746 g/mol. The number of hydrogen-bond acceptors (Lipinski definition) is 6. The van der Waals surface area contributed by atoms with Crippen LogP contribution < -0.4 is 5.32 Å². The zero-order valence-corrected chi connectivity index (χ0v) is 32.8. The highest BCUT2D eigenvalue weighted by Crippen LogP contribution is 2.52. The van der Waals surface area contributed by atoms with E-state index in [-0.39, 0.29) is 53.0 Å². The van der Waals surface area contributed by atoms with Gasteiger partial charge in [-0.1, -0.05) is 77.8 Å². The fourth-order valence-corrected chi connectivity index (χ4v) is 10.3. The van der Waals surface area contributed by atoms with Crippen LogP contribution in [0.25, 0.3) is 44.2 Å². The molecular formula is C44H41Cl2FN8O. The first-order valence-corrected chi connectivity index (χ1v) is 20.5. The Hall–Kier alpha value is -4.82. The predicted octanol–water partition coefficient (Wildman–Crippen LogP) is 9.35. The summed E-state index contributed by atoms with van der Waals surface area (Å²) in [6.45, 7) is 5.53. The molecule has 284 valence electrons. The monoisotopic (exact) mass is 786 g/mol. The Morgan fingerprint density at radius 2 is 1.89 bits per heavy atom. The average Bonchev–Trinajstić information content (AvgIpc) is 3.65. The highest BCUT2D eigenvalue weighted by Gasteiger charge is 2.51. The van der Waals surface area contributed by atoms with Crippen LogP contribution in [0.1, 0.15) is 79.8 Å². The highest BCUT2D eigenvalue weighted by molar-refractivity contribution is 6.43. The number of nitriles is 1. The quantitative estimate of drug-likeness (QED) is 0.157. The first kappa shape index (κ1) is 35.6. The maximum atomic E-state index is 17.3. The summed E-state index contributed by atoms with van der Waals surface area (Å²) in [4.78, 5) is 21.4. The number of hydrogen-bond donors (Lipinski definition) is 1. The minimum absolute atomic E-state index is 0.0367. The molecule has 9 nitrogen and oxygen atoms in total. The van der Waals surface area contributed by atoms with E-state index in [1.165, 1.54) is 0 Å². The van der Waals surface area contributed by atoms with Crippen molar-refractivity contribution in [2.24, 2.45) is 11.8 Å². The molecule has 11 rings (SSSR count). The number of carbonyl (C=O) groups excluding carboxylic acids is 1. The molecule has 12 heteroatoms. The topological polar surface area (TPSA) is 105 Å². The van der Waals surface area contributed by atoms with Crippen molar-refractivity contribution in [2.45, 2.75) is 83.0 Å². The molecule has 3 saturated heterocycles. The molecule has 2 bridgehead atoms. The second-order valence-electron chi connectivity index (χ2n) is 16.0. The Morgan fingerprint density at radius 1 is 1.07 bits per heavy atom. The molecule has 5 fully saturated rings. The number of fused-ring (bicyclic) bond motifs is 4. The largest absolute Gasteiger partial charge is 0.337 e. The van der Waals surface area contributed by atoms with Crippen LogP contribution in [0, 0.1) is 35.9 Å². The van der Waals surface area contributed by atoms with Gasteiger partial charge in [-0.2, -0.15) is 5.26 Å². The van der Waals surface area contributed by atoms with Gasteiger partial charge in [0.05, 0.1) is 45.5 Å². The number of pyridine rings is 1. The van der Waals surface area contributed by atoms with E-state index in [0.717, 1.165) is 65.8 Å². The molecule has 0 spiro atoms. The van der Waals surface area contributed by atoms with Crippen molar-refractivity contribution in [2.75, 3.05) is 13.1 Å². The Kier molecular flexibility index (Phi) is 8.69. The van der Waals surface area contributed by atoms with Gasteiger partial charge >= 0.3 is 0 Å². The van der Waals surface area contributed by atoms with Gasteiger partial charge in [-0.25, -0.2) is 14.1 Å². The van der Waals surface area contributed by atoms with Gasteiger partial charge in [0.1, 0.15) is 11.2 Å². The molecule has 1 N–H and O–H groups in total. The van der Waals surface area contributed by atoms with E-state index < -0.39 is 5.82 Å². The Bertz CT molecular complexity index is 2600. The van der Waals surface area contributed by atoms with Gasteiger partial charge in [0.25, 0.3) is 0 Å². The lowest BCUT2D eigenvalue weighted by Gasteiger charge is -2.39. The number of likely N-dealkylation sites (tertiary alicyclic amines) is 1. The van der Waals surface area contributed by atoms with Crippen LogP contribution in [-0.4, -0.2) is 54.5 Å². The summed E-state index contributed by atoms with van der Waals surface area (Å²) in [5.74, 6) is 0.158. The minimum Gasteiger partial charge on any atom is -0.337 e. The zero-order valence-electron chi connectivity index (χ0n) is 31.3. The fourth-order valence-electron chi connectivity index (χ4n) is 9.93. The maximum absolute atomic E-state index is 17.3. The standard InChI is InChI=1S/C44H41Cl2FN8O/c1-3-34-40(24-9-5-4-6-10-24)51-52-55(34)28-19-35(53(22-28)44(56)25-14-15-25)36-20-30-23(2)50-41-31(43(30)54(36)42-27-18-33(42)49-21-27)17-26(11-8-16-48)37(39(41)47)29-12-7-13-32(45)38(29)46/h4-7,9-10,12-13,17,20,25,27-28,33,35,42,49H,3,8,11,14-15,18-19,21-22H2,1-2H3. The molecule has 6 aromatic rings. The van der Waals surface area contributed by atoms with E-state index in [4.69, 9.17) is 33.4 Å². The molecule has 2 aliphatic carbocycles. The first-order valence-electron chi connectivity index (χ1n) is 19.8. The molecule has 2 saturated carbocycles. The molecule has 56 heavy (non-hydrogen) atoms. The lowest BCUT2D eigenvalue weighted by Crippen LogP contribution is -2.41. The lowest BCUT2D eigenvalue weighted by atomic mass is 9.79. The number of rotatable bonds is 9. The van der Waals surface area contributed by atoms with Crippen LogP contribution in [-0.2, 0) is 17.6 Å². The van der Waals surface area contributed by atoms with Crippen LogP contribution in [0.15, 0.2) is 60.7 Å². The van der Waals surface area contributed by atoms with Crippen molar-refractivity contribution in [3.05, 3.63) is 99.2 Å². The van der Waals surface area contributed by atoms with Gasteiger partial charge in [-0.15, -0.1) is 5.10 Å². The molecule has 6 heterocycles. The molecule has 0 radical (unpaired) electrons. The van der Waals surface area contributed by atoms with Crippen molar-refractivity contribution in [3.63, 3.8) is 0 Å². The second-order valence-corrected chi connectivity index (χ2v) is 16.8. The van der Waals surface area contributed by atoms with Crippen molar-refractivity contribution in [1.82, 2.24) is 34.8 Å². The summed E-state index contributed by atoms with van der Waals surface area (Å²) in [6, 6.07) is 22.0. The SMILES string of the molecule is CCc1c(-c2ccccc2)nnn1C1CC(c2cc3c(C)nc4c(F)c(-c5cccc(Cl)c5Cl)c(CCC#N)cc4c3n2C2C3CNC2C3)N(C(=O)C2CC2)C1. The number of amides is 1. The summed E-state index contributed by atoms with van der Waals surface area (Å²) in [5.41, 5.74) is 7.39. The summed E-state index contributed by atoms with van der Waals surface area (Å²) in [5, 5.41) is 25.1. The van der Waals surface area contributed by atoms with Crippen molar-refractivity contribution in [1.29, 1.82) is 5.26 Å². The number of aromatic nitrogens is 5. The van der Waals surface area contributed by atoms with Crippen molar-refractivity contribution < 1.29 is 9.18 Å². The van der Waals surface area contributed by atoms with Gasteiger partial charge < -0.3 is 14.8 Å². The molecule has 5 unspecified atom stereocenters. The summed E-state index contributed by atoms with van der Waals surface area (Å²) in [6.07, 6.45) is 4.86.